The van der Waals surface area contributed by atoms with Crippen LogP contribution in [-0.4, -0.2) is 56.3 Å². The Morgan fingerprint density at radius 3 is 1.88 bits per heavy atom. The average Bonchev–Trinajstić information content (AvgIpc) is 2.57. The molecule has 0 aliphatic carbocycles. The lowest BCUT2D eigenvalue weighted by molar-refractivity contribution is -0.140. The zero-order chi connectivity index (χ0) is 19.0. The molecule has 7 heteroatoms. The van der Waals surface area contributed by atoms with Gasteiger partial charge in [0.05, 0.1) is 19.3 Å². The number of nitrogens with zero attached hydrogens (tertiary/aromatic N) is 1. The summed E-state index contributed by atoms with van der Waals surface area (Å²) in [6, 6.07) is 0. The van der Waals surface area contributed by atoms with Crippen LogP contribution in [0.15, 0.2) is 0 Å². The van der Waals surface area contributed by atoms with E-state index in [-0.39, 0.29) is 24.7 Å². The Morgan fingerprint density at radius 2 is 1.40 bits per heavy atom. The zero-order valence-electron chi connectivity index (χ0n) is 16.0. The van der Waals surface area contributed by atoms with Crippen LogP contribution in [0.4, 0.5) is 0 Å². The molecular formula is C18H37NO5S. The lowest BCUT2D eigenvalue weighted by atomic mass is 10.1. The van der Waals surface area contributed by atoms with Crippen molar-refractivity contribution >= 4 is 16.1 Å². The van der Waals surface area contributed by atoms with Gasteiger partial charge in [-0.25, -0.2) is 0 Å². The fourth-order valence-corrected chi connectivity index (χ4v) is 3.24. The maximum atomic E-state index is 11.2. The number of ether oxygens (including phenoxy) is 1. The summed E-state index contributed by atoms with van der Waals surface area (Å²) < 4.78 is 35.3. The third kappa shape index (κ3) is 17.9. The maximum absolute atomic E-state index is 11.2. The van der Waals surface area contributed by atoms with E-state index in [1.807, 2.05) is 4.90 Å². The summed E-state index contributed by atoms with van der Waals surface area (Å²) in [5.41, 5.74) is 0. The zero-order valence-corrected chi connectivity index (χ0v) is 16.9. The topological polar surface area (TPSA) is 83.9 Å². The molecule has 6 nitrogen and oxygen atoms in total. The summed E-state index contributed by atoms with van der Waals surface area (Å²) in [5, 5.41) is 0. The molecule has 0 heterocycles. The molecule has 0 saturated heterocycles. The van der Waals surface area contributed by atoms with E-state index in [0.717, 1.165) is 19.4 Å². The van der Waals surface area contributed by atoms with Crippen LogP contribution in [0.3, 0.4) is 0 Å². The Morgan fingerprint density at radius 1 is 0.880 bits per heavy atom. The van der Waals surface area contributed by atoms with Crippen LogP contribution in [0.5, 0.6) is 0 Å². The number of carbonyl (C=O) groups is 1. The van der Waals surface area contributed by atoms with Crippen molar-refractivity contribution in [1.82, 2.24) is 4.90 Å². The molecule has 25 heavy (non-hydrogen) atoms. The van der Waals surface area contributed by atoms with E-state index in [2.05, 4.69) is 11.7 Å². The van der Waals surface area contributed by atoms with Crippen molar-refractivity contribution in [2.75, 3.05) is 32.5 Å². The number of carbonyl (C=O) groups excluding carboxylic acids is 1. The highest BCUT2D eigenvalue weighted by Crippen LogP contribution is 2.11. The quantitative estimate of drug-likeness (QED) is 0.236. The van der Waals surface area contributed by atoms with E-state index in [1.54, 1.807) is 0 Å². The first-order valence-electron chi connectivity index (χ1n) is 9.63. The van der Waals surface area contributed by atoms with Crippen LogP contribution < -0.4 is 0 Å². The molecule has 0 aromatic rings. The van der Waals surface area contributed by atoms with Gasteiger partial charge in [-0.05, 0) is 13.0 Å². The first kappa shape index (κ1) is 24.3. The number of methoxy groups -OCH3 is 1. The minimum Gasteiger partial charge on any atom is -0.469 e. The largest absolute Gasteiger partial charge is 0.469 e. The van der Waals surface area contributed by atoms with Crippen LogP contribution in [0.1, 0.15) is 77.6 Å². The van der Waals surface area contributed by atoms with Gasteiger partial charge >= 0.3 is 5.97 Å². The van der Waals surface area contributed by atoms with Gasteiger partial charge in [-0.15, -0.1) is 0 Å². The lowest BCUT2D eigenvalue weighted by Crippen LogP contribution is -2.32. The molecule has 0 unspecified atom stereocenters. The predicted molar refractivity (Wildman–Crippen MR) is 101 cm³/mol. The highest BCUT2D eigenvalue weighted by molar-refractivity contribution is 7.85. The normalized spacial score (nSPS) is 11.8. The standard InChI is InChI=1S/C18H37NO5S/c1-3-4-5-6-7-8-9-10-11-12-14-19(15-13-18(20)24-2)16-17-25(21,22)23/h3-17H2,1-2H3,(H,21,22,23). The molecule has 0 aliphatic heterocycles. The van der Waals surface area contributed by atoms with Gasteiger partial charge in [0.25, 0.3) is 10.1 Å². The fourth-order valence-electron chi connectivity index (χ4n) is 2.75. The van der Waals surface area contributed by atoms with Gasteiger partial charge < -0.3 is 9.64 Å². The van der Waals surface area contributed by atoms with Gasteiger partial charge in [0.2, 0.25) is 0 Å². The van der Waals surface area contributed by atoms with E-state index in [0.29, 0.717) is 6.54 Å². The molecular weight excluding hydrogens is 342 g/mol. The molecule has 0 aromatic carbocycles. The van der Waals surface area contributed by atoms with E-state index in [9.17, 15) is 13.2 Å². The summed E-state index contributed by atoms with van der Waals surface area (Å²) in [6.07, 6.45) is 12.7. The van der Waals surface area contributed by atoms with Crippen molar-refractivity contribution in [3.8, 4) is 0 Å². The summed E-state index contributed by atoms with van der Waals surface area (Å²) in [4.78, 5) is 13.2. The van der Waals surface area contributed by atoms with Crippen molar-refractivity contribution in [3.63, 3.8) is 0 Å². The second-order valence-corrected chi connectivity index (χ2v) is 8.21. The van der Waals surface area contributed by atoms with Crippen molar-refractivity contribution in [2.24, 2.45) is 0 Å². The second-order valence-electron chi connectivity index (χ2n) is 6.64. The van der Waals surface area contributed by atoms with Crippen LogP contribution in [0, 0.1) is 0 Å². The maximum Gasteiger partial charge on any atom is 0.306 e. The van der Waals surface area contributed by atoms with E-state index in [1.165, 1.54) is 58.5 Å². The van der Waals surface area contributed by atoms with Gasteiger partial charge in [-0.2, -0.15) is 8.42 Å². The molecule has 0 rings (SSSR count). The van der Waals surface area contributed by atoms with Crippen molar-refractivity contribution in [1.29, 1.82) is 0 Å². The molecule has 0 radical (unpaired) electrons. The van der Waals surface area contributed by atoms with Crippen molar-refractivity contribution in [2.45, 2.75) is 77.6 Å². The van der Waals surface area contributed by atoms with Gasteiger partial charge in [0, 0.05) is 13.1 Å². The van der Waals surface area contributed by atoms with Gasteiger partial charge in [-0.1, -0.05) is 64.7 Å². The Bertz CT molecular complexity index is 425. The minimum atomic E-state index is -3.97. The monoisotopic (exact) mass is 379 g/mol. The van der Waals surface area contributed by atoms with Crippen molar-refractivity contribution < 1.29 is 22.5 Å². The van der Waals surface area contributed by atoms with Gasteiger partial charge in [0.15, 0.2) is 0 Å². The second kappa shape index (κ2) is 15.6. The SMILES string of the molecule is CCCCCCCCCCCCN(CCC(=O)OC)CCS(=O)(=O)O. The van der Waals surface area contributed by atoms with Gasteiger partial charge in [-0.3, -0.25) is 9.35 Å². The van der Waals surface area contributed by atoms with Crippen LogP contribution in [0.25, 0.3) is 0 Å². The Hall–Kier alpha value is -0.660. The number of hydrogen-bond donors (Lipinski definition) is 1. The number of hydrogen-bond acceptors (Lipinski definition) is 5. The smallest absolute Gasteiger partial charge is 0.306 e. The highest BCUT2D eigenvalue weighted by atomic mass is 32.2. The lowest BCUT2D eigenvalue weighted by Gasteiger charge is -2.21. The minimum absolute atomic E-state index is 0.236. The van der Waals surface area contributed by atoms with Crippen LogP contribution >= 0.6 is 0 Å². The number of rotatable bonds is 17. The van der Waals surface area contributed by atoms with Gasteiger partial charge in [0.1, 0.15) is 0 Å². The van der Waals surface area contributed by atoms with E-state index >= 15 is 0 Å². The summed E-state index contributed by atoms with van der Waals surface area (Å²) in [6.45, 7) is 3.67. The summed E-state index contributed by atoms with van der Waals surface area (Å²) in [5.74, 6) is -0.605. The third-order valence-corrected chi connectivity index (χ3v) is 5.05. The molecule has 0 atom stereocenters. The molecule has 0 fully saturated rings. The first-order chi connectivity index (χ1) is 11.9. The average molecular weight is 380 g/mol. The molecule has 150 valence electrons. The van der Waals surface area contributed by atoms with Crippen LogP contribution in [-0.2, 0) is 19.6 Å². The summed E-state index contributed by atoms with van der Waals surface area (Å²) >= 11 is 0. The molecule has 0 aliphatic rings. The molecule has 1 N–H and O–H groups in total. The predicted octanol–water partition coefficient (Wildman–Crippen LogP) is 3.66. The highest BCUT2D eigenvalue weighted by Gasteiger charge is 2.12. The molecule has 0 aromatic heterocycles. The molecule has 0 amide bonds. The van der Waals surface area contributed by atoms with Crippen molar-refractivity contribution in [3.05, 3.63) is 0 Å². The summed E-state index contributed by atoms with van der Waals surface area (Å²) in [7, 11) is -2.63. The molecule has 0 spiro atoms. The number of unbranched alkanes of at least 4 members (excludes halogenated alkanes) is 9. The Kier molecular flexibility index (Phi) is 15.2. The van der Waals surface area contributed by atoms with Crippen LogP contribution in [0.2, 0.25) is 0 Å². The van der Waals surface area contributed by atoms with E-state index < -0.39 is 10.1 Å². The Labute approximate surface area is 154 Å². The molecule has 0 saturated carbocycles. The third-order valence-electron chi connectivity index (χ3n) is 4.35. The Balaban J connectivity index is 3.83. The molecule has 0 bridgehead atoms. The van der Waals surface area contributed by atoms with E-state index in [4.69, 9.17) is 4.55 Å². The first-order valence-corrected chi connectivity index (χ1v) is 11.2. The number of esters is 1. The fraction of sp³-hybridized carbons (Fsp3) is 0.944.